The molecule has 40 heavy (non-hydrogen) atoms. The summed E-state index contributed by atoms with van der Waals surface area (Å²) < 4.78 is 20.1. The fourth-order valence-corrected chi connectivity index (χ4v) is 5.18. The van der Waals surface area contributed by atoms with Crippen LogP contribution in [0.1, 0.15) is 22.6 Å². The molecule has 0 aliphatic carbocycles. The number of nitrogens with zero attached hydrogens (tertiary/aromatic N) is 2. The Kier molecular flexibility index (Phi) is 8.60. The molecule has 0 bridgehead atoms. The third-order valence-electron chi connectivity index (χ3n) is 6.39. The molecule has 0 saturated carbocycles. The molecule has 2 N–H and O–H groups in total. The molecule has 0 radical (unpaired) electrons. The maximum absolute atomic E-state index is 12.9. The lowest BCUT2D eigenvalue weighted by molar-refractivity contribution is 0.0854. The van der Waals surface area contributed by atoms with Crippen molar-refractivity contribution in [3.05, 3.63) is 140 Å². The number of hydrogen-bond acceptors (Lipinski definition) is 6. The molecule has 2 heterocycles. The van der Waals surface area contributed by atoms with Gasteiger partial charge in [-0.15, -0.1) is 0 Å². The van der Waals surface area contributed by atoms with Crippen molar-refractivity contribution in [3.8, 4) is 17.3 Å². The standard InChI is InChI=1S/C31H26IN3O5/c32-26-18-34-30(29-28(24(36)16-17-38-29)39-20-21-10-4-1-5-11-21)35(26)19-25(40-31(33)37)27(22-12-6-2-7-13-22)23-14-8-3-9-15-23/h1-18,25,27H,19-20H2,(H2,33,37)/t25-/m1/s1. The van der Waals surface area contributed by atoms with Gasteiger partial charge in [-0.1, -0.05) is 91.0 Å². The van der Waals surface area contributed by atoms with Gasteiger partial charge in [0.05, 0.1) is 19.0 Å². The van der Waals surface area contributed by atoms with Gasteiger partial charge in [0.15, 0.2) is 5.82 Å². The van der Waals surface area contributed by atoms with E-state index in [0.717, 1.165) is 20.4 Å². The number of hydrogen-bond donors (Lipinski definition) is 1. The van der Waals surface area contributed by atoms with Crippen molar-refractivity contribution in [2.24, 2.45) is 5.73 Å². The zero-order valence-corrected chi connectivity index (χ0v) is 23.5. The van der Waals surface area contributed by atoms with Crippen LogP contribution in [-0.4, -0.2) is 21.7 Å². The second-order valence-electron chi connectivity index (χ2n) is 9.01. The minimum absolute atomic E-state index is 0.0460. The second-order valence-corrected chi connectivity index (χ2v) is 10.1. The Hall–Kier alpha value is -4.38. The topological polar surface area (TPSA) is 110 Å². The Morgan fingerprint density at radius 3 is 2.12 bits per heavy atom. The molecule has 5 aromatic rings. The molecular weight excluding hydrogens is 621 g/mol. The average molecular weight is 647 g/mol. The lowest BCUT2D eigenvalue weighted by Crippen LogP contribution is -2.33. The molecule has 202 valence electrons. The predicted octanol–water partition coefficient (Wildman–Crippen LogP) is 5.98. The largest absolute Gasteiger partial charge is 0.481 e. The molecule has 0 aliphatic rings. The number of aromatic nitrogens is 2. The molecular formula is C31H26IN3O5. The first-order chi connectivity index (χ1) is 19.5. The monoisotopic (exact) mass is 647 g/mol. The summed E-state index contributed by atoms with van der Waals surface area (Å²) in [5, 5.41) is 0. The lowest BCUT2D eigenvalue weighted by Gasteiger charge is -2.28. The van der Waals surface area contributed by atoms with Crippen LogP contribution in [0.5, 0.6) is 5.75 Å². The van der Waals surface area contributed by atoms with Crippen molar-refractivity contribution in [2.75, 3.05) is 0 Å². The van der Waals surface area contributed by atoms with E-state index in [1.54, 1.807) is 6.20 Å². The van der Waals surface area contributed by atoms with Crippen LogP contribution in [0.25, 0.3) is 11.6 Å². The van der Waals surface area contributed by atoms with Crippen molar-refractivity contribution in [1.82, 2.24) is 9.55 Å². The lowest BCUT2D eigenvalue weighted by atomic mass is 9.86. The number of rotatable bonds is 10. The van der Waals surface area contributed by atoms with Gasteiger partial charge in [-0.2, -0.15) is 0 Å². The van der Waals surface area contributed by atoms with Gasteiger partial charge < -0.3 is 24.2 Å². The molecule has 3 aromatic carbocycles. The summed E-state index contributed by atoms with van der Waals surface area (Å²) in [4.78, 5) is 29.6. The minimum Gasteiger partial charge on any atom is -0.481 e. The number of nitrogens with two attached hydrogens (primary N) is 1. The SMILES string of the molecule is NC(=O)O[C@H](Cn1c(I)cnc1-c1occc(=O)c1OCc1ccccc1)C(c1ccccc1)c1ccccc1. The highest BCUT2D eigenvalue weighted by molar-refractivity contribution is 14.1. The number of primary amides is 1. The summed E-state index contributed by atoms with van der Waals surface area (Å²) >= 11 is 2.15. The predicted molar refractivity (Wildman–Crippen MR) is 159 cm³/mol. The first kappa shape index (κ1) is 27.2. The Labute approximate surface area is 244 Å². The molecule has 5 rings (SSSR count). The first-order valence-electron chi connectivity index (χ1n) is 12.6. The van der Waals surface area contributed by atoms with Crippen LogP contribution in [0.2, 0.25) is 0 Å². The van der Waals surface area contributed by atoms with Crippen LogP contribution in [0.3, 0.4) is 0 Å². The Bertz CT molecular complexity index is 1580. The molecule has 0 fully saturated rings. The van der Waals surface area contributed by atoms with E-state index in [4.69, 9.17) is 19.6 Å². The maximum atomic E-state index is 12.9. The maximum Gasteiger partial charge on any atom is 0.404 e. The summed E-state index contributed by atoms with van der Waals surface area (Å²) in [6.45, 7) is 0.361. The van der Waals surface area contributed by atoms with Gasteiger partial charge >= 0.3 is 6.09 Å². The summed E-state index contributed by atoms with van der Waals surface area (Å²) in [6.07, 6.45) is 1.36. The third-order valence-corrected chi connectivity index (χ3v) is 7.25. The molecule has 0 spiro atoms. The van der Waals surface area contributed by atoms with Crippen LogP contribution >= 0.6 is 22.6 Å². The van der Waals surface area contributed by atoms with Gasteiger partial charge in [-0.3, -0.25) is 4.79 Å². The van der Waals surface area contributed by atoms with Crippen molar-refractivity contribution in [3.63, 3.8) is 0 Å². The average Bonchev–Trinajstić information content (AvgIpc) is 3.33. The Balaban J connectivity index is 1.55. The number of carbonyl (C=O) groups excluding carboxylic acids is 1. The summed E-state index contributed by atoms with van der Waals surface area (Å²) in [7, 11) is 0. The highest BCUT2D eigenvalue weighted by Gasteiger charge is 2.31. The molecule has 8 nitrogen and oxygen atoms in total. The van der Waals surface area contributed by atoms with Gasteiger partial charge in [-0.25, -0.2) is 9.78 Å². The molecule has 2 aromatic heterocycles. The quantitative estimate of drug-likeness (QED) is 0.187. The smallest absolute Gasteiger partial charge is 0.404 e. The van der Waals surface area contributed by atoms with Crippen molar-refractivity contribution in [1.29, 1.82) is 0 Å². The van der Waals surface area contributed by atoms with Crippen LogP contribution < -0.4 is 15.9 Å². The van der Waals surface area contributed by atoms with Gasteiger partial charge in [0.25, 0.3) is 0 Å². The van der Waals surface area contributed by atoms with Gasteiger partial charge in [0.1, 0.15) is 16.4 Å². The fraction of sp³-hybridized carbons (Fsp3) is 0.129. The van der Waals surface area contributed by atoms with E-state index in [-0.39, 0.29) is 36.0 Å². The van der Waals surface area contributed by atoms with Crippen LogP contribution in [-0.2, 0) is 17.9 Å². The zero-order valence-electron chi connectivity index (χ0n) is 21.4. The minimum atomic E-state index is -0.892. The molecule has 9 heteroatoms. The number of carbonyl (C=O) groups is 1. The molecule has 1 atom stereocenters. The molecule has 0 aliphatic heterocycles. The third kappa shape index (κ3) is 6.26. The van der Waals surface area contributed by atoms with Crippen molar-refractivity contribution >= 4 is 28.7 Å². The normalized spacial score (nSPS) is 11.8. The van der Waals surface area contributed by atoms with Gasteiger partial charge in [0.2, 0.25) is 16.9 Å². The number of amides is 1. The first-order valence-corrected chi connectivity index (χ1v) is 13.6. The highest BCUT2D eigenvalue weighted by atomic mass is 127. The number of imidazole rings is 1. The second kappa shape index (κ2) is 12.6. The van der Waals surface area contributed by atoms with E-state index in [0.29, 0.717) is 5.82 Å². The van der Waals surface area contributed by atoms with Crippen LogP contribution in [0, 0.1) is 3.70 Å². The van der Waals surface area contributed by atoms with Gasteiger partial charge in [-0.05, 0) is 39.3 Å². The number of ether oxygens (including phenoxy) is 2. The molecule has 0 unspecified atom stereocenters. The van der Waals surface area contributed by atoms with E-state index in [1.165, 1.54) is 12.3 Å². The molecule has 1 amide bonds. The van der Waals surface area contributed by atoms with Gasteiger partial charge in [0, 0.05) is 12.0 Å². The number of benzene rings is 3. The van der Waals surface area contributed by atoms with E-state index in [1.807, 2.05) is 95.6 Å². The Morgan fingerprint density at radius 1 is 0.925 bits per heavy atom. The van der Waals surface area contributed by atoms with Crippen LogP contribution in [0.15, 0.2) is 119 Å². The summed E-state index contributed by atoms with van der Waals surface area (Å²) in [5.74, 6) is 0.255. The van der Waals surface area contributed by atoms with Crippen molar-refractivity contribution < 1.29 is 18.7 Å². The summed E-state index contributed by atoms with van der Waals surface area (Å²) in [6, 6.07) is 30.4. The highest BCUT2D eigenvalue weighted by Crippen LogP contribution is 2.34. The van der Waals surface area contributed by atoms with Crippen LogP contribution in [0.4, 0.5) is 4.79 Å². The fourth-order valence-electron chi connectivity index (χ4n) is 4.62. The van der Waals surface area contributed by atoms with E-state index in [2.05, 4.69) is 27.6 Å². The summed E-state index contributed by atoms with van der Waals surface area (Å²) in [5.41, 5.74) is 8.05. The van der Waals surface area contributed by atoms with E-state index < -0.39 is 12.2 Å². The number of halogens is 1. The van der Waals surface area contributed by atoms with E-state index >= 15 is 0 Å². The Morgan fingerprint density at radius 2 is 1.52 bits per heavy atom. The van der Waals surface area contributed by atoms with Crippen molar-refractivity contribution in [2.45, 2.75) is 25.2 Å². The zero-order chi connectivity index (χ0) is 27.9. The molecule has 0 saturated heterocycles. The van der Waals surface area contributed by atoms with E-state index in [9.17, 15) is 9.59 Å².